The molecule has 1 aromatic carbocycles. The summed E-state index contributed by atoms with van der Waals surface area (Å²) in [5.74, 6) is 0.906. The molecule has 17 heavy (non-hydrogen) atoms. The second-order valence-electron chi connectivity index (χ2n) is 5.23. The van der Waals surface area contributed by atoms with Gasteiger partial charge in [-0.25, -0.2) is 0 Å². The van der Waals surface area contributed by atoms with Crippen molar-refractivity contribution in [2.75, 3.05) is 20.1 Å². The Bertz CT molecular complexity index is 400. The number of nitrogens with zero attached hydrogens (tertiary/aromatic N) is 1. The normalized spacial score (nSPS) is 21.4. The number of hydrogen-bond donors (Lipinski definition) is 0. The van der Waals surface area contributed by atoms with E-state index in [1.54, 1.807) is 6.92 Å². The average Bonchev–Trinajstić information content (AvgIpc) is 2.29. The SMILES string of the molecule is CC(=O)c1cccc(CC2CCCN(C)C2)c1. The fourth-order valence-corrected chi connectivity index (χ4v) is 2.69. The van der Waals surface area contributed by atoms with Crippen LogP contribution in [0.4, 0.5) is 0 Å². The first-order valence-corrected chi connectivity index (χ1v) is 6.43. The molecule has 2 heteroatoms. The first-order chi connectivity index (χ1) is 8.15. The third kappa shape index (κ3) is 3.40. The molecule has 0 saturated carbocycles. The largest absolute Gasteiger partial charge is 0.306 e. The van der Waals surface area contributed by atoms with Crippen molar-refractivity contribution in [1.82, 2.24) is 4.90 Å². The van der Waals surface area contributed by atoms with Gasteiger partial charge in [0.2, 0.25) is 0 Å². The Labute approximate surface area is 104 Å². The molecule has 1 unspecified atom stereocenters. The summed E-state index contributed by atoms with van der Waals surface area (Å²) in [6.45, 7) is 4.04. The van der Waals surface area contributed by atoms with Crippen LogP contribution in [0.15, 0.2) is 24.3 Å². The van der Waals surface area contributed by atoms with E-state index in [2.05, 4.69) is 24.1 Å². The van der Waals surface area contributed by atoms with Crippen LogP contribution in [0.2, 0.25) is 0 Å². The first-order valence-electron chi connectivity index (χ1n) is 6.43. The minimum absolute atomic E-state index is 0.160. The van der Waals surface area contributed by atoms with Crippen LogP contribution >= 0.6 is 0 Å². The number of hydrogen-bond acceptors (Lipinski definition) is 2. The van der Waals surface area contributed by atoms with Gasteiger partial charge in [-0.3, -0.25) is 4.79 Å². The summed E-state index contributed by atoms with van der Waals surface area (Å²) in [5.41, 5.74) is 2.14. The van der Waals surface area contributed by atoms with Crippen LogP contribution in [-0.2, 0) is 6.42 Å². The summed E-state index contributed by atoms with van der Waals surface area (Å²) in [7, 11) is 2.19. The number of rotatable bonds is 3. The molecule has 0 bridgehead atoms. The molecule has 0 spiro atoms. The second kappa shape index (κ2) is 5.46. The van der Waals surface area contributed by atoms with Gasteiger partial charge in [-0.05, 0) is 57.3 Å². The van der Waals surface area contributed by atoms with Crippen molar-refractivity contribution >= 4 is 5.78 Å². The van der Waals surface area contributed by atoms with E-state index in [9.17, 15) is 4.79 Å². The van der Waals surface area contributed by atoms with E-state index in [0.29, 0.717) is 0 Å². The van der Waals surface area contributed by atoms with E-state index in [4.69, 9.17) is 0 Å². The molecule has 0 radical (unpaired) electrons. The molecule has 0 aliphatic carbocycles. The number of piperidine rings is 1. The third-order valence-corrected chi connectivity index (χ3v) is 3.58. The maximum Gasteiger partial charge on any atom is 0.159 e. The Morgan fingerprint density at radius 3 is 3.00 bits per heavy atom. The Balaban J connectivity index is 2.02. The number of likely N-dealkylation sites (tertiary alicyclic amines) is 1. The Morgan fingerprint density at radius 1 is 1.47 bits per heavy atom. The number of benzene rings is 1. The zero-order chi connectivity index (χ0) is 12.3. The minimum atomic E-state index is 0.160. The molecule has 1 heterocycles. The number of ketones is 1. The fraction of sp³-hybridized carbons (Fsp3) is 0.533. The van der Waals surface area contributed by atoms with Crippen LogP contribution in [0.25, 0.3) is 0 Å². The predicted molar refractivity (Wildman–Crippen MR) is 70.4 cm³/mol. The number of carbonyl (C=O) groups is 1. The standard InChI is InChI=1S/C15H21NO/c1-12(17)15-7-3-5-13(10-15)9-14-6-4-8-16(2)11-14/h3,5,7,10,14H,4,6,8-9,11H2,1-2H3. The molecular formula is C15H21NO. The molecule has 0 aromatic heterocycles. The van der Waals surface area contributed by atoms with Crippen LogP contribution in [0.3, 0.4) is 0 Å². The van der Waals surface area contributed by atoms with Crippen molar-refractivity contribution in [3.05, 3.63) is 35.4 Å². The summed E-state index contributed by atoms with van der Waals surface area (Å²) < 4.78 is 0. The summed E-state index contributed by atoms with van der Waals surface area (Å²) >= 11 is 0. The predicted octanol–water partition coefficient (Wildman–Crippen LogP) is 2.77. The average molecular weight is 231 g/mol. The van der Waals surface area contributed by atoms with E-state index >= 15 is 0 Å². The molecule has 1 saturated heterocycles. The molecule has 92 valence electrons. The molecule has 1 aliphatic heterocycles. The lowest BCUT2D eigenvalue weighted by Crippen LogP contribution is -2.32. The Hall–Kier alpha value is -1.15. The van der Waals surface area contributed by atoms with Crippen LogP contribution in [0.5, 0.6) is 0 Å². The maximum absolute atomic E-state index is 11.3. The van der Waals surface area contributed by atoms with Crippen LogP contribution in [0.1, 0.15) is 35.7 Å². The lowest BCUT2D eigenvalue weighted by atomic mass is 9.91. The molecule has 1 aromatic rings. The van der Waals surface area contributed by atoms with Crippen LogP contribution in [-0.4, -0.2) is 30.8 Å². The molecule has 0 amide bonds. The lowest BCUT2D eigenvalue weighted by Gasteiger charge is -2.29. The van der Waals surface area contributed by atoms with Crippen LogP contribution < -0.4 is 0 Å². The zero-order valence-electron chi connectivity index (χ0n) is 10.8. The smallest absolute Gasteiger partial charge is 0.159 e. The summed E-state index contributed by atoms with van der Waals surface area (Å²) in [6, 6.07) is 8.09. The van der Waals surface area contributed by atoms with Gasteiger partial charge in [0.1, 0.15) is 0 Å². The van der Waals surface area contributed by atoms with E-state index in [-0.39, 0.29) is 5.78 Å². The lowest BCUT2D eigenvalue weighted by molar-refractivity contribution is 0.101. The highest BCUT2D eigenvalue weighted by Gasteiger charge is 2.17. The zero-order valence-corrected chi connectivity index (χ0v) is 10.8. The van der Waals surface area contributed by atoms with Gasteiger partial charge in [0.05, 0.1) is 0 Å². The minimum Gasteiger partial charge on any atom is -0.306 e. The van der Waals surface area contributed by atoms with Crippen molar-refractivity contribution in [1.29, 1.82) is 0 Å². The van der Waals surface area contributed by atoms with E-state index < -0.39 is 0 Å². The van der Waals surface area contributed by atoms with E-state index in [1.807, 2.05) is 12.1 Å². The van der Waals surface area contributed by atoms with Crippen molar-refractivity contribution in [2.45, 2.75) is 26.2 Å². The number of Topliss-reactive ketones (excluding diaryl/α,β-unsaturated/α-hetero) is 1. The molecule has 1 atom stereocenters. The molecule has 2 rings (SSSR count). The molecule has 0 N–H and O–H groups in total. The molecular weight excluding hydrogens is 210 g/mol. The van der Waals surface area contributed by atoms with Gasteiger partial charge in [0.25, 0.3) is 0 Å². The van der Waals surface area contributed by atoms with Crippen molar-refractivity contribution < 1.29 is 4.79 Å². The van der Waals surface area contributed by atoms with Gasteiger partial charge >= 0.3 is 0 Å². The van der Waals surface area contributed by atoms with Gasteiger partial charge in [-0.15, -0.1) is 0 Å². The maximum atomic E-state index is 11.3. The van der Waals surface area contributed by atoms with Crippen molar-refractivity contribution in [3.63, 3.8) is 0 Å². The summed E-state index contributed by atoms with van der Waals surface area (Å²) in [5, 5.41) is 0. The monoisotopic (exact) mass is 231 g/mol. The van der Waals surface area contributed by atoms with E-state index in [0.717, 1.165) is 17.9 Å². The topological polar surface area (TPSA) is 20.3 Å². The molecule has 1 aliphatic rings. The van der Waals surface area contributed by atoms with Gasteiger partial charge in [0.15, 0.2) is 5.78 Å². The highest BCUT2D eigenvalue weighted by Crippen LogP contribution is 2.20. The highest BCUT2D eigenvalue weighted by molar-refractivity contribution is 5.94. The van der Waals surface area contributed by atoms with Crippen LogP contribution in [0, 0.1) is 5.92 Å². The third-order valence-electron chi connectivity index (χ3n) is 3.58. The fourth-order valence-electron chi connectivity index (χ4n) is 2.69. The van der Waals surface area contributed by atoms with Gasteiger partial charge in [-0.2, -0.15) is 0 Å². The quantitative estimate of drug-likeness (QED) is 0.746. The van der Waals surface area contributed by atoms with Gasteiger partial charge < -0.3 is 4.90 Å². The van der Waals surface area contributed by atoms with Gasteiger partial charge in [-0.1, -0.05) is 18.2 Å². The molecule has 1 fully saturated rings. The van der Waals surface area contributed by atoms with Gasteiger partial charge in [0, 0.05) is 12.1 Å². The first kappa shape index (κ1) is 12.3. The van der Waals surface area contributed by atoms with E-state index in [1.165, 1.54) is 31.5 Å². The Morgan fingerprint density at radius 2 is 2.29 bits per heavy atom. The number of carbonyl (C=O) groups excluding carboxylic acids is 1. The Kier molecular flexibility index (Phi) is 3.95. The highest BCUT2D eigenvalue weighted by atomic mass is 16.1. The van der Waals surface area contributed by atoms with Crippen molar-refractivity contribution in [2.24, 2.45) is 5.92 Å². The van der Waals surface area contributed by atoms with Crippen molar-refractivity contribution in [3.8, 4) is 0 Å². The second-order valence-corrected chi connectivity index (χ2v) is 5.23. The summed E-state index contributed by atoms with van der Waals surface area (Å²) in [4.78, 5) is 13.7. The molecule has 2 nitrogen and oxygen atoms in total. The summed E-state index contributed by atoms with van der Waals surface area (Å²) in [6.07, 6.45) is 3.72.